The molecule has 6 nitrogen and oxygen atoms in total. The lowest BCUT2D eigenvalue weighted by molar-refractivity contribution is -0.118. The molecular formula is C22H22ClFN4O2. The van der Waals surface area contributed by atoms with Gasteiger partial charge in [0.05, 0.1) is 10.9 Å². The smallest absolute Gasteiger partial charge is 0.281 e. The van der Waals surface area contributed by atoms with E-state index in [1.807, 2.05) is 26.0 Å². The Morgan fingerprint density at radius 1 is 1.27 bits per heavy atom. The molecule has 1 amide bonds. The van der Waals surface area contributed by atoms with Crippen molar-refractivity contribution < 1.29 is 9.18 Å². The van der Waals surface area contributed by atoms with Gasteiger partial charge in [-0.2, -0.15) is 4.68 Å². The lowest BCUT2D eigenvalue weighted by atomic mass is 10.1. The summed E-state index contributed by atoms with van der Waals surface area (Å²) in [6, 6.07) is 11.3. The first-order chi connectivity index (χ1) is 14.3. The van der Waals surface area contributed by atoms with Crippen LogP contribution < -0.4 is 15.9 Å². The SMILES string of the molecule is CC(C)N(C)c1nc2cc(F)ccc2c(=O)n1NC(=O)C1C[C@@H]1c1ccc(Cl)cc1. The van der Waals surface area contributed by atoms with E-state index in [-0.39, 0.29) is 40.6 Å². The monoisotopic (exact) mass is 428 g/mol. The molecule has 1 unspecified atom stereocenters. The summed E-state index contributed by atoms with van der Waals surface area (Å²) in [5.41, 5.74) is 3.58. The van der Waals surface area contributed by atoms with Crippen LogP contribution in [-0.2, 0) is 4.79 Å². The maximum Gasteiger partial charge on any atom is 0.281 e. The highest BCUT2D eigenvalue weighted by Crippen LogP contribution is 2.47. The predicted molar refractivity (Wildman–Crippen MR) is 116 cm³/mol. The minimum atomic E-state index is -0.474. The second-order valence-electron chi connectivity index (χ2n) is 7.89. The highest BCUT2D eigenvalue weighted by Gasteiger charge is 2.44. The Hall–Kier alpha value is -2.93. The van der Waals surface area contributed by atoms with Crippen LogP contribution in [0.15, 0.2) is 47.3 Å². The van der Waals surface area contributed by atoms with Crippen LogP contribution in [0.4, 0.5) is 10.3 Å². The molecular weight excluding hydrogens is 407 g/mol. The number of amides is 1. The number of nitrogens with zero attached hydrogens (tertiary/aromatic N) is 3. The van der Waals surface area contributed by atoms with Crippen LogP contribution in [0.25, 0.3) is 10.9 Å². The average molecular weight is 429 g/mol. The summed E-state index contributed by atoms with van der Waals surface area (Å²) in [5.74, 6) is -0.618. The van der Waals surface area contributed by atoms with Crippen molar-refractivity contribution >= 4 is 34.4 Å². The van der Waals surface area contributed by atoms with E-state index in [0.717, 1.165) is 5.56 Å². The molecule has 0 radical (unpaired) electrons. The molecule has 2 aromatic carbocycles. The molecule has 156 valence electrons. The van der Waals surface area contributed by atoms with Gasteiger partial charge in [0.2, 0.25) is 11.9 Å². The number of rotatable bonds is 5. The Morgan fingerprint density at radius 3 is 2.63 bits per heavy atom. The van der Waals surface area contributed by atoms with Crippen molar-refractivity contribution in [1.82, 2.24) is 9.66 Å². The standard InChI is InChI=1S/C22H22ClFN4O2/c1-12(2)27(3)22-25-19-10-15(24)8-9-16(19)21(30)28(22)26-20(29)18-11-17(18)13-4-6-14(23)7-5-13/h4-10,12,17-18H,11H2,1-3H3,(H,26,29)/t17-,18?/m1/s1. The number of hydrogen-bond donors (Lipinski definition) is 1. The number of carbonyl (C=O) groups is 1. The summed E-state index contributed by atoms with van der Waals surface area (Å²) in [6.07, 6.45) is 0.698. The first-order valence-corrected chi connectivity index (χ1v) is 10.2. The fourth-order valence-corrected chi connectivity index (χ4v) is 3.60. The lowest BCUT2D eigenvalue weighted by Gasteiger charge is -2.26. The number of aromatic nitrogens is 2. The zero-order valence-corrected chi connectivity index (χ0v) is 17.7. The first-order valence-electron chi connectivity index (χ1n) is 9.77. The molecule has 0 saturated heterocycles. The van der Waals surface area contributed by atoms with Crippen LogP contribution in [0.2, 0.25) is 5.02 Å². The second-order valence-corrected chi connectivity index (χ2v) is 8.33. The number of benzene rings is 2. The summed E-state index contributed by atoms with van der Waals surface area (Å²) >= 11 is 5.94. The fourth-order valence-electron chi connectivity index (χ4n) is 3.47. The fraction of sp³-hybridized carbons (Fsp3) is 0.318. The van der Waals surface area contributed by atoms with E-state index in [1.165, 1.54) is 22.9 Å². The van der Waals surface area contributed by atoms with Gasteiger partial charge in [-0.1, -0.05) is 23.7 Å². The average Bonchev–Trinajstić information content (AvgIpc) is 3.50. The molecule has 1 saturated carbocycles. The maximum atomic E-state index is 13.7. The van der Waals surface area contributed by atoms with Crippen molar-refractivity contribution in [2.75, 3.05) is 17.4 Å². The number of nitrogens with one attached hydrogen (secondary N) is 1. The van der Waals surface area contributed by atoms with Crippen LogP contribution in [0.3, 0.4) is 0 Å². The molecule has 1 heterocycles. The van der Waals surface area contributed by atoms with Crippen LogP contribution in [-0.4, -0.2) is 28.7 Å². The molecule has 1 aromatic heterocycles. The van der Waals surface area contributed by atoms with Gasteiger partial charge in [-0.3, -0.25) is 15.0 Å². The summed E-state index contributed by atoms with van der Waals surface area (Å²) in [7, 11) is 1.77. The molecule has 3 aromatic rings. The number of fused-ring (bicyclic) bond motifs is 1. The summed E-state index contributed by atoms with van der Waals surface area (Å²) < 4.78 is 14.8. The van der Waals surface area contributed by atoms with Gasteiger partial charge in [0.1, 0.15) is 5.82 Å². The Balaban J connectivity index is 1.67. The molecule has 1 aliphatic carbocycles. The van der Waals surface area contributed by atoms with E-state index < -0.39 is 11.4 Å². The van der Waals surface area contributed by atoms with Gasteiger partial charge in [0.15, 0.2) is 0 Å². The van der Waals surface area contributed by atoms with E-state index in [4.69, 9.17) is 11.6 Å². The zero-order chi connectivity index (χ0) is 21.6. The third-order valence-corrected chi connectivity index (χ3v) is 5.80. The van der Waals surface area contributed by atoms with Crippen LogP contribution in [0.5, 0.6) is 0 Å². The normalized spacial score (nSPS) is 17.9. The third-order valence-electron chi connectivity index (χ3n) is 5.55. The molecule has 1 N–H and O–H groups in total. The van der Waals surface area contributed by atoms with Gasteiger partial charge < -0.3 is 4.90 Å². The van der Waals surface area contributed by atoms with E-state index in [9.17, 15) is 14.0 Å². The van der Waals surface area contributed by atoms with Gasteiger partial charge in [-0.25, -0.2) is 9.37 Å². The molecule has 8 heteroatoms. The van der Waals surface area contributed by atoms with Gasteiger partial charge in [-0.05, 0) is 56.0 Å². The summed E-state index contributed by atoms with van der Waals surface area (Å²) in [5, 5.41) is 0.884. The quantitative estimate of drug-likeness (QED) is 0.669. The highest BCUT2D eigenvalue weighted by molar-refractivity contribution is 6.30. The van der Waals surface area contributed by atoms with E-state index in [1.54, 1.807) is 24.1 Å². The molecule has 0 spiro atoms. The van der Waals surface area contributed by atoms with Crippen molar-refractivity contribution in [2.45, 2.75) is 32.2 Å². The number of anilines is 1. The van der Waals surface area contributed by atoms with Gasteiger partial charge in [0.25, 0.3) is 5.56 Å². The van der Waals surface area contributed by atoms with Crippen LogP contribution in [0.1, 0.15) is 31.7 Å². The second kappa shape index (κ2) is 7.72. The minimum Gasteiger partial charge on any atom is -0.341 e. The van der Waals surface area contributed by atoms with Crippen molar-refractivity contribution in [2.24, 2.45) is 5.92 Å². The topological polar surface area (TPSA) is 67.2 Å². The molecule has 30 heavy (non-hydrogen) atoms. The van der Waals surface area contributed by atoms with Crippen molar-refractivity contribution in [1.29, 1.82) is 0 Å². The van der Waals surface area contributed by atoms with E-state index in [0.29, 0.717) is 11.4 Å². The Labute approximate surface area is 178 Å². The van der Waals surface area contributed by atoms with Gasteiger partial charge >= 0.3 is 0 Å². The van der Waals surface area contributed by atoms with Gasteiger partial charge in [-0.15, -0.1) is 0 Å². The Kier molecular flexibility index (Phi) is 5.24. The maximum absolute atomic E-state index is 13.7. The summed E-state index contributed by atoms with van der Waals surface area (Å²) in [4.78, 5) is 32.2. The molecule has 2 atom stereocenters. The molecule has 1 aliphatic rings. The summed E-state index contributed by atoms with van der Waals surface area (Å²) in [6.45, 7) is 3.87. The number of carbonyl (C=O) groups excluding carboxylic acids is 1. The van der Waals surface area contributed by atoms with E-state index in [2.05, 4.69) is 10.4 Å². The van der Waals surface area contributed by atoms with E-state index >= 15 is 0 Å². The minimum absolute atomic E-state index is 0.00815. The Bertz CT molecular complexity index is 1180. The molecule has 1 fully saturated rings. The van der Waals surface area contributed by atoms with Crippen molar-refractivity contribution in [3.63, 3.8) is 0 Å². The highest BCUT2D eigenvalue weighted by atomic mass is 35.5. The van der Waals surface area contributed by atoms with Gasteiger partial charge in [0, 0.05) is 30.1 Å². The van der Waals surface area contributed by atoms with Crippen LogP contribution in [0, 0.1) is 11.7 Å². The molecule has 0 bridgehead atoms. The Morgan fingerprint density at radius 2 is 1.97 bits per heavy atom. The molecule has 0 aliphatic heterocycles. The predicted octanol–water partition coefficient (Wildman–Crippen LogP) is 3.91. The van der Waals surface area contributed by atoms with Crippen LogP contribution >= 0.6 is 11.6 Å². The number of hydrogen-bond acceptors (Lipinski definition) is 4. The zero-order valence-electron chi connectivity index (χ0n) is 16.9. The lowest BCUT2D eigenvalue weighted by Crippen LogP contribution is -2.41. The number of halogens is 2. The van der Waals surface area contributed by atoms with Crippen molar-refractivity contribution in [3.8, 4) is 0 Å². The third kappa shape index (κ3) is 3.77. The largest absolute Gasteiger partial charge is 0.341 e. The molecule has 4 rings (SSSR count). The first kappa shape index (κ1) is 20.3. The van der Waals surface area contributed by atoms with Crippen molar-refractivity contribution in [3.05, 3.63) is 69.2 Å².